The third-order valence-electron chi connectivity index (χ3n) is 8.22. The van der Waals surface area contributed by atoms with Gasteiger partial charge in [0.15, 0.2) is 0 Å². The Labute approximate surface area is 262 Å². The third kappa shape index (κ3) is 8.31. The highest BCUT2D eigenvalue weighted by Crippen LogP contribution is 2.43. The predicted molar refractivity (Wildman–Crippen MR) is 155 cm³/mol. The number of piperidine rings is 1. The summed E-state index contributed by atoms with van der Waals surface area (Å²) in [4.78, 5) is 26.8. The number of nitrogens with zero attached hydrogens (tertiary/aromatic N) is 1. The fourth-order valence-electron chi connectivity index (χ4n) is 5.62. The van der Waals surface area contributed by atoms with Crippen LogP contribution in [0.4, 0.5) is 35.9 Å². The van der Waals surface area contributed by atoms with Gasteiger partial charge in [-0.3, -0.25) is 4.90 Å². The first-order valence-corrected chi connectivity index (χ1v) is 14.5. The summed E-state index contributed by atoms with van der Waals surface area (Å²) in [5, 5.41) is 0. The van der Waals surface area contributed by atoms with Gasteiger partial charge in [-0.2, -0.15) is 26.3 Å². The summed E-state index contributed by atoms with van der Waals surface area (Å²) in [5.74, 6) is -0.371. The van der Waals surface area contributed by atoms with Crippen molar-refractivity contribution in [2.45, 2.75) is 63.4 Å². The smallest absolute Gasteiger partial charge is 0.416 e. The number of nitrogens with two attached hydrogens (primary N) is 1. The highest BCUT2D eigenvalue weighted by molar-refractivity contribution is 5.70. The average molecular weight is 653 g/mol. The van der Waals surface area contributed by atoms with Gasteiger partial charge in [0.05, 0.1) is 29.4 Å². The van der Waals surface area contributed by atoms with Crippen molar-refractivity contribution in [3.05, 3.63) is 107 Å². The van der Waals surface area contributed by atoms with Gasteiger partial charge in [-0.25, -0.2) is 9.59 Å². The maximum Gasteiger partial charge on any atom is 0.416 e. The van der Waals surface area contributed by atoms with Gasteiger partial charge >= 0.3 is 24.5 Å². The molecule has 46 heavy (non-hydrogen) atoms. The lowest BCUT2D eigenvalue weighted by Crippen LogP contribution is -2.58. The largest absolute Gasteiger partial charge is 0.446 e. The molecule has 1 fully saturated rings. The van der Waals surface area contributed by atoms with Crippen molar-refractivity contribution in [1.29, 1.82) is 0 Å². The van der Waals surface area contributed by atoms with Crippen LogP contribution in [-0.4, -0.2) is 36.3 Å². The van der Waals surface area contributed by atoms with Gasteiger partial charge in [-0.15, -0.1) is 0 Å². The Bertz CT molecular complexity index is 1450. The normalized spacial score (nSPS) is 20.1. The standard InChI is InChI=1S/C33H34F6N2O5/c1-21(25-15-27(32(34,35)36)17-28(16-25)33(37,38)39)45-20-31(26-11-7-4-8-12-26)14-13-24(22(2)46-29(40)42)18-41(31)30(43)44-19-23-9-5-3-6-10-23/h3-12,15-17,21-22,24H,13-14,18-20H2,1-2H3,(H2,40,42)/t21?,22?,24?,31-/m1/s1. The highest BCUT2D eigenvalue weighted by Gasteiger charge is 2.48. The molecule has 0 aliphatic carbocycles. The van der Waals surface area contributed by atoms with Crippen LogP contribution in [0.25, 0.3) is 0 Å². The fraction of sp³-hybridized carbons (Fsp3) is 0.394. The van der Waals surface area contributed by atoms with E-state index < -0.39 is 53.4 Å². The molecular weight excluding hydrogens is 618 g/mol. The molecule has 1 aliphatic heterocycles. The number of rotatable bonds is 9. The van der Waals surface area contributed by atoms with E-state index in [-0.39, 0.29) is 43.7 Å². The molecule has 2 amide bonds. The molecule has 0 bridgehead atoms. The molecule has 248 valence electrons. The van der Waals surface area contributed by atoms with Crippen LogP contribution in [0.5, 0.6) is 0 Å². The van der Waals surface area contributed by atoms with Crippen molar-refractivity contribution in [2.75, 3.05) is 13.2 Å². The number of alkyl halides is 6. The molecule has 2 N–H and O–H groups in total. The Balaban J connectivity index is 1.70. The van der Waals surface area contributed by atoms with Crippen LogP contribution >= 0.6 is 0 Å². The van der Waals surface area contributed by atoms with Gasteiger partial charge < -0.3 is 19.9 Å². The quantitative estimate of drug-likeness (QED) is 0.235. The summed E-state index contributed by atoms with van der Waals surface area (Å²) in [6.07, 6.45) is -13.0. The van der Waals surface area contributed by atoms with Crippen LogP contribution in [0.2, 0.25) is 0 Å². The molecule has 3 aromatic rings. The zero-order chi connectivity index (χ0) is 33.7. The fourth-order valence-corrected chi connectivity index (χ4v) is 5.62. The van der Waals surface area contributed by atoms with E-state index >= 15 is 0 Å². The number of primary amides is 1. The average Bonchev–Trinajstić information content (AvgIpc) is 3.02. The molecule has 4 atom stereocenters. The van der Waals surface area contributed by atoms with Crippen molar-refractivity contribution in [1.82, 2.24) is 4.90 Å². The van der Waals surface area contributed by atoms with Crippen LogP contribution in [-0.2, 0) is 38.7 Å². The topological polar surface area (TPSA) is 91.1 Å². The number of carbonyl (C=O) groups excluding carboxylic acids is 2. The number of hydrogen-bond acceptors (Lipinski definition) is 5. The monoisotopic (exact) mass is 652 g/mol. The minimum absolute atomic E-state index is 0.0243. The SMILES string of the molecule is CC(OC[C@@]1(c2ccccc2)CCC(C(C)OC(N)=O)CN1C(=O)OCc1ccccc1)c1cc(C(F)(F)F)cc(C(F)(F)F)c1. The van der Waals surface area contributed by atoms with Crippen LogP contribution in [0, 0.1) is 5.92 Å². The van der Waals surface area contributed by atoms with Crippen LogP contribution in [0.3, 0.4) is 0 Å². The minimum Gasteiger partial charge on any atom is -0.446 e. The summed E-state index contributed by atoms with van der Waals surface area (Å²) in [5.41, 5.74) is 2.07. The van der Waals surface area contributed by atoms with Gasteiger partial charge in [-0.1, -0.05) is 60.7 Å². The lowest BCUT2D eigenvalue weighted by molar-refractivity contribution is -0.143. The Morgan fingerprint density at radius 1 is 0.913 bits per heavy atom. The van der Waals surface area contributed by atoms with Gasteiger partial charge in [0.2, 0.25) is 0 Å². The van der Waals surface area contributed by atoms with E-state index in [0.717, 1.165) is 5.56 Å². The van der Waals surface area contributed by atoms with E-state index in [2.05, 4.69) is 0 Å². The Hall–Kier alpha value is -4.26. The Morgan fingerprint density at radius 3 is 2.02 bits per heavy atom. The maximum atomic E-state index is 13.8. The summed E-state index contributed by atoms with van der Waals surface area (Å²) >= 11 is 0. The Kier molecular flexibility index (Phi) is 10.5. The molecule has 3 aromatic carbocycles. The first kappa shape index (κ1) is 34.6. The van der Waals surface area contributed by atoms with E-state index in [1.165, 1.54) is 11.8 Å². The molecule has 0 saturated carbocycles. The third-order valence-corrected chi connectivity index (χ3v) is 8.22. The molecule has 0 aromatic heterocycles. The molecule has 0 radical (unpaired) electrons. The highest BCUT2D eigenvalue weighted by atomic mass is 19.4. The molecule has 1 saturated heterocycles. The van der Waals surface area contributed by atoms with Crippen LogP contribution in [0.1, 0.15) is 60.6 Å². The predicted octanol–water partition coefficient (Wildman–Crippen LogP) is 8.23. The summed E-state index contributed by atoms with van der Waals surface area (Å²) in [6.45, 7) is 2.65. The van der Waals surface area contributed by atoms with Gasteiger partial charge in [-0.05, 0) is 61.6 Å². The first-order valence-electron chi connectivity index (χ1n) is 14.5. The second-order valence-corrected chi connectivity index (χ2v) is 11.3. The summed E-state index contributed by atoms with van der Waals surface area (Å²) < 4.78 is 98.4. The van der Waals surface area contributed by atoms with Crippen molar-refractivity contribution in [2.24, 2.45) is 11.7 Å². The first-order chi connectivity index (χ1) is 21.6. The zero-order valence-electron chi connectivity index (χ0n) is 25.1. The van der Waals surface area contributed by atoms with Crippen molar-refractivity contribution < 1.29 is 50.1 Å². The van der Waals surface area contributed by atoms with E-state index in [4.69, 9.17) is 19.9 Å². The Morgan fingerprint density at radius 2 is 1.48 bits per heavy atom. The summed E-state index contributed by atoms with van der Waals surface area (Å²) in [6, 6.07) is 19.0. The number of ether oxygens (including phenoxy) is 3. The van der Waals surface area contributed by atoms with E-state index in [9.17, 15) is 35.9 Å². The second kappa shape index (κ2) is 14.0. The molecular formula is C33H34F6N2O5. The number of hydrogen-bond donors (Lipinski definition) is 1. The number of amides is 2. The van der Waals surface area contributed by atoms with Gasteiger partial charge in [0.1, 0.15) is 12.7 Å². The van der Waals surface area contributed by atoms with E-state index in [1.807, 2.05) is 6.07 Å². The van der Waals surface area contributed by atoms with Crippen LogP contribution in [0.15, 0.2) is 78.9 Å². The van der Waals surface area contributed by atoms with E-state index in [0.29, 0.717) is 24.1 Å². The van der Waals surface area contributed by atoms with Gasteiger partial charge in [0.25, 0.3) is 0 Å². The molecule has 1 aliphatic rings. The van der Waals surface area contributed by atoms with Crippen LogP contribution < -0.4 is 5.73 Å². The molecule has 1 heterocycles. The van der Waals surface area contributed by atoms with Crippen molar-refractivity contribution >= 4 is 12.2 Å². The lowest BCUT2D eigenvalue weighted by Gasteiger charge is -2.50. The maximum absolute atomic E-state index is 13.8. The van der Waals surface area contributed by atoms with Crippen molar-refractivity contribution in [3.8, 4) is 0 Å². The molecule has 13 heteroatoms. The van der Waals surface area contributed by atoms with E-state index in [1.54, 1.807) is 61.5 Å². The van der Waals surface area contributed by atoms with Crippen molar-refractivity contribution in [3.63, 3.8) is 0 Å². The molecule has 0 spiro atoms. The number of halogens is 6. The molecule has 3 unspecified atom stereocenters. The lowest BCUT2D eigenvalue weighted by atomic mass is 9.76. The van der Waals surface area contributed by atoms with Gasteiger partial charge in [0, 0.05) is 12.5 Å². The number of carbonyl (C=O) groups is 2. The minimum atomic E-state index is -5.03. The molecule has 7 nitrogen and oxygen atoms in total. The molecule has 4 rings (SSSR count). The zero-order valence-corrected chi connectivity index (χ0v) is 25.1. The number of likely N-dealkylation sites (tertiary alicyclic amines) is 1. The summed E-state index contributed by atoms with van der Waals surface area (Å²) in [7, 11) is 0. The number of benzene rings is 3. The second-order valence-electron chi connectivity index (χ2n) is 11.3.